The molecule has 2 fully saturated rings. The highest BCUT2D eigenvalue weighted by atomic mass is 19.1. The normalized spacial score (nSPS) is 25.8. The summed E-state index contributed by atoms with van der Waals surface area (Å²) < 4.78 is 19.0. The lowest BCUT2D eigenvalue weighted by atomic mass is 9.91. The monoisotopic (exact) mass is 411 g/mol. The van der Waals surface area contributed by atoms with E-state index in [1.807, 2.05) is 30.3 Å². The Balaban J connectivity index is 1.32. The van der Waals surface area contributed by atoms with E-state index in [2.05, 4.69) is 4.90 Å². The first-order valence-corrected chi connectivity index (χ1v) is 10.3. The Hall–Kier alpha value is -2.57. The number of benzene rings is 2. The third-order valence-corrected chi connectivity index (χ3v) is 6.24. The van der Waals surface area contributed by atoms with Crippen molar-refractivity contribution in [2.24, 2.45) is 11.8 Å². The molecule has 1 aliphatic carbocycles. The number of hydrogen-bond acceptors (Lipinski definition) is 5. The molecule has 1 N–H and O–H groups in total. The van der Waals surface area contributed by atoms with Crippen molar-refractivity contribution < 1.29 is 23.8 Å². The third kappa shape index (κ3) is 4.60. The molecular formula is C24H26FNO4. The number of halogens is 1. The van der Waals surface area contributed by atoms with Crippen molar-refractivity contribution in [2.75, 3.05) is 26.2 Å². The molecule has 5 nitrogen and oxygen atoms in total. The molecule has 30 heavy (non-hydrogen) atoms. The number of Topliss-reactive ketones (excluding diaryl/α,β-unsaturated/α-hetero) is 1. The summed E-state index contributed by atoms with van der Waals surface area (Å²) >= 11 is 0. The minimum Gasteiger partial charge on any atom is -0.483 e. The van der Waals surface area contributed by atoms with E-state index in [1.54, 1.807) is 0 Å². The Morgan fingerprint density at radius 1 is 1.17 bits per heavy atom. The molecule has 3 atom stereocenters. The van der Waals surface area contributed by atoms with Crippen molar-refractivity contribution >= 4 is 12.1 Å². The molecule has 1 aliphatic heterocycles. The largest absolute Gasteiger partial charge is 0.483 e. The maximum Gasteiger partial charge on any atom is 0.176 e. The summed E-state index contributed by atoms with van der Waals surface area (Å²) in [4.78, 5) is 25.1. The molecule has 158 valence electrons. The van der Waals surface area contributed by atoms with Gasteiger partial charge in [-0.05, 0) is 48.4 Å². The van der Waals surface area contributed by atoms with E-state index in [-0.39, 0.29) is 24.7 Å². The fourth-order valence-electron chi connectivity index (χ4n) is 5.02. The predicted octanol–water partition coefficient (Wildman–Crippen LogP) is 2.90. The van der Waals surface area contributed by atoms with Gasteiger partial charge in [0.2, 0.25) is 0 Å². The predicted molar refractivity (Wildman–Crippen MR) is 110 cm³/mol. The van der Waals surface area contributed by atoms with Crippen LogP contribution in [0.5, 0.6) is 5.75 Å². The smallest absolute Gasteiger partial charge is 0.176 e. The van der Waals surface area contributed by atoms with Crippen LogP contribution in [0.15, 0.2) is 48.5 Å². The fourth-order valence-corrected chi connectivity index (χ4v) is 5.02. The summed E-state index contributed by atoms with van der Waals surface area (Å²) in [6, 6.07) is 14.1. The van der Waals surface area contributed by atoms with Gasteiger partial charge in [-0.25, -0.2) is 4.39 Å². The molecule has 1 saturated heterocycles. The van der Waals surface area contributed by atoms with Crippen LogP contribution in [0.2, 0.25) is 0 Å². The second kappa shape index (κ2) is 8.66. The number of aldehydes is 1. The van der Waals surface area contributed by atoms with Crippen LogP contribution in [-0.4, -0.2) is 53.9 Å². The lowest BCUT2D eigenvalue weighted by Crippen LogP contribution is -2.34. The molecular weight excluding hydrogens is 385 g/mol. The first-order valence-electron chi connectivity index (χ1n) is 10.3. The van der Waals surface area contributed by atoms with Crippen LogP contribution >= 0.6 is 0 Å². The summed E-state index contributed by atoms with van der Waals surface area (Å²) in [5.41, 5.74) is 0.769. The Morgan fingerprint density at radius 2 is 1.87 bits per heavy atom. The highest BCUT2D eigenvalue weighted by Gasteiger charge is 2.48. The van der Waals surface area contributed by atoms with E-state index in [0.717, 1.165) is 37.6 Å². The standard InChI is InChI=1S/C24H26FNO4/c25-21-10-18(6-7-23(21)30-9-8-27)22(28)16-26-14-19-12-24(29,13-20(19)15-26)11-17-4-2-1-3-5-17/h1-8,10,19-20,29H,9,11-16H2/t19-,20+,24?. The molecule has 0 amide bonds. The quantitative estimate of drug-likeness (QED) is 0.535. The van der Waals surface area contributed by atoms with Gasteiger partial charge in [-0.3, -0.25) is 14.5 Å². The molecule has 1 unspecified atom stereocenters. The highest BCUT2D eigenvalue weighted by Crippen LogP contribution is 2.45. The average Bonchev–Trinajstić information content (AvgIpc) is 3.21. The summed E-state index contributed by atoms with van der Waals surface area (Å²) in [5, 5.41) is 11.1. The Morgan fingerprint density at radius 3 is 2.50 bits per heavy atom. The number of fused-ring (bicyclic) bond motifs is 1. The Bertz CT molecular complexity index is 903. The molecule has 0 spiro atoms. The summed E-state index contributed by atoms with van der Waals surface area (Å²) in [5.74, 6) is -0.0703. The van der Waals surface area contributed by atoms with Gasteiger partial charge in [0.1, 0.15) is 6.61 Å². The second-order valence-corrected chi connectivity index (χ2v) is 8.56. The van der Waals surface area contributed by atoms with E-state index in [0.29, 0.717) is 30.1 Å². The Kier molecular flexibility index (Phi) is 5.97. The van der Waals surface area contributed by atoms with Gasteiger partial charge in [0.15, 0.2) is 23.6 Å². The van der Waals surface area contributed by atoms with Crippen molar-refractivity contribution in [3.63, 3.8) is 0 Å². The second-order valence-electron chi connectivity index (χ2n) is 8.56. The van der Waals surface area contributed by atoms with Gasteiger partial charge < -0.3 is 9.84 Å². The molecule has 2 aliphatic rings. The molecule has 1 saturated carbocycles. The van der Waals surface area contributed by atoms with Gasteiger partial charge in [0.25, 0.3) is 0 Å². The van der Waals surface area contributed by atoms with Crippen molar-refractivity contribution in [3.05, 3.63) is 65.5 Å². The highest BCUT2D eigenvalue weighted by molar-refractivity contribution is 5.97. The van der Waals surface area contributed by atoms with Crippen molar-refractivity contribution in [1.29, 1.82) is 0 Å². The van der Waals surface area contributed by atoms with Crippen LogP contribution in [0, 0.1) is 17.7 Å². The molecule has 4 rings (SSSR count). The molecule has 0 bridgehead atoms. The maximum atomic E-state index is 14.1. The molecule has 2 aromatic rings. The van der Waals surface area contributed by atoms with Crippen LogP contribution in [0.3, 0.4) is 0 Å². The molecule has 2 aromatic carbocycles. The van der Waals surface area contributed by atoms with E-state index in [9.17, 15) is 19.1 Å². The number of carbonyl (C=O) groups is 2. The summed E-state index contributed by atoms with van der Waals surface area (Å²) in [6.07, 6.45) is 2.70. The van der Waals surface area contributed by atoms with Crippen LogP contribution in [0.4, 0.5) is 4.39 Å². The van der Waals surface area contributed by atoms with Crippen LogP contribution < -0.4 is 4.74 Å². The van der Waals surface area contributed by atoms with E-state index >= 15 is 0 Å². The third-order valence-electron chi connectivity index (χ3n) is 6.24. The van der Waals surface area contributed by atoms with E-state index < -0.39 is 11.4 Å². The van der Waals surface area contributed by atoms with E-state index in [1.165, 1.54) is 12.1 Å². The SMILES string of the molecule is O=CCOc1ccc(C(=O)CN2C[C@@H]3CC(O)(Cc4ccccc4)C[C@@H]3C2)cc1F. The lowest BCUT2D eigenvalue weighted by Gasteiger charge is -2.26. The Labute approximate surface area is 175 Å². The topological polar surface area (TPSA) is 66.8 Å². The average molecular weight is 411 g/mol. The number of ether oxygens (including phenoxy) is 1. The van der Waals surface area contributed by atoms with E-state index in [4.69, 9.17) is 4.74 Å². The van der Waals surface area contributed by atoms with Gasteiger partial charge >= 0.3 is 0 Å². The maximum absolute atomic E-state index is 14.1. The van der Waals surface area contributed by atoms with Gasteiger partial charge in [-0.2, -0.15) is 0 Å². The first-order chi connectivity index (χ1) is 14.5. The number of likely N-dealkylation sites (tertiary alicyclic amines) is 1. The van der Waals surface area contributed by atoms with Crippen LogP contribution in [0.25, 0.3) is 0 Å². The minimum absolute atomic E-state index is 0.0351. The number of ketones is 1. The lowest BCUT2D eigenvalue weighted by molar-refractivity contribution is -0.109. The zero-order chi connectivity index (χ0) is 21.1. The van der Waals surface area contributed by atoms with Crippen LogP contribution in [-0.2, 0) is 11.2 Å². The number of hydrogen-bond donors (Lipinski definition) is 1. The fraction of sp³-hybridized carbons (Fsp3) is 0.417. The molecule has 1 heterocycles. The summed E-state index contributed by atoms with van der Waals surface area (Å²) in [6.45, 7) is 1.56. The number of carbonyl (C=O) groups excluding carboxylic acids is 2. The number of nitrogens with zero attached hydrogens (tertiary/aromatic N) is 1. The first kappa shape index (κ1) is 20.7. The van der Waals surface area contributed by atoms with Crippen molar-refractivity contribution in [3.8, 4) is 5.75 Å². The number of aliphatic hydroxyl groups is 1. The zero-order valence-corrected chi connectivity index (χ0v) is 16.8. The minimum atomic E-state index is -0.673. The summed E-state index contributed by atoms with van der Waals surface area (Å²) in [7, 11) is 0. The zero-order valence-electron chi connectivity index (χ0n) is 16.8. The number of rotatable bonds is 8. The van der Waals surface area contributed by atoms with Gasteiger partial charge in [0.05, 0.1) is 12.1 Å². The van der Waals surface area contributed by atoms with Crippen molar-refractivity contribution in [2.45, 2.75) is 24.9 Å². The van der Waals surface area contributed by atoms with Gasteiger partial charge in [-0.15, -0.1) is 0 Å². The molecule has 6 heteroatoms. The van der Waals surface area contributed by atoms with Crippen LogP contribution in [0.1, 0.15) is 28.8 Å². The molecule has 0 aromatic heterocycles. The van der Waals surface area contributed by atoms with Gasteiger partial charge in [-0.1, -0.05) is 30.3 Å². The molecule has 0 radical (unpaired) electrons. The van der Waals surface area contributed by atoms with Gasteiger partial charge in [0, 0.05) is 25.1 Å². The van der Waals surface area contributed by atoms with Crippen molar-refractivity contribution in [1.82, 2.24) is 4.90 Å².